The average molecular weight is 599 g/mol. The van der Waals surface area contributed by atoms with E-state index in [1.165, 1.54) is 81.1 Å². The highest BCUT2D eigenvalue weighted by atomic mass is 32.1. The van der Waals surface area contributed by atoms with Crippen LogP contribution in [0.15, 0.2) is 132 Å². The molecule has 2 heterocycles. The van der Waals surface area contributed by atoms with Crippen LogP contribution in [-0.2, 0) is 6.42 Å². The van der Waals surface area contributed by atoms with Crippen molar-refractivity contribution in [1.29, 1.82) is 0 Å². The van der Waals surface area contributed by atoms with Crippen LogP contribution in [0, 0.1) is 6.92 Å². The van der Waals surface area contributed by atoms with Gasteiger partial charge in [-0.3, -0.25) is 4.57 Å². The molecule has 7 aromatic carbocycles. The standard InChI is InChI=1S/C39H26N2S.C3H8/c1-24-11-5-7-17-31(24)40-35(23-25-12-3-2-4-13-25)41-32-18-8-6-14-26(32)29-22-21-28-27-15-9-19-33-37(27)38-30(36(28)39(29)41)16-10-20-34(38)42-33;1-3-2/h2-22H,23H2,1H3;3H2,1-2H3. The maximum Gasteiger partial charge on any atom is 0.118 e. The predicted molar refractivity (Wildman–Crippen MR) is 198 cm³/mol. The fourth-order valence-corrected chi connectivity index (χ4v) is 8.06. The number of fused-ring (bicyclic) bond motifs is 7. The Morgan fingerprint density at radius 1 is 0.578 bits per heavy atom. The molecule has 3 heteroatoms. The Kier molecular flexibility index (Phi) is 6.84. The second-order valence-electron chi connectivity index (χ2n) is 11.9. The molecule has 2 nitrogen and oxygen atoms in total. The van der Waals surface area contributed by atoms with Gasteiger partial charge in [-0.2, -0.15) is 0 Å². The van der Waals surface area contributed by atoms with E-state index in [9.17, 15) is 0 Å². The van der Waals surface area contributed by atoms with Gasteiger partial charge in [0.2, 0.25) is 0 Å². The number of hydrogen-bond acceptors (Lipinski definition) is 2. The van der Waals surface area contributed by atoms with Gasteiger partial charge in [0.05, 0.1) is 16.7 Å². The largest absolute Gasteiger partial charge is 0.296 e. The molecule has 0 aliphatic heterocycles. The number of aliphatic imine (C=N–C) groups is 1. The van der Waals surface area contributed by atoms with Crippen LogP contribution in [0.3, 0.4) is 0 Å². The molecule has 0 saturated heterocycles. The van der Waals surface area contributed by atoms with Crippen molar-refractivity contribution in [3.63, 3.8) is 0 Å². The van der Waals surface area contributed by atoms with Gasteiger partial charge >= 0.3 is 0 Å². The first kappa shape index (κ1) is 27.6. The third-order valence-corrected chi connectivity index (χ3v) is 9.87. The summed E-state index contributed by atoms with van der Waals surface area (Å²) in [7, 11) is 0. The van der Waals surface area contributed by atoms with Crippen molar-refractivity contribution in [2.45, 2.75) is 33.6 Å². The van der Waals surface area contributed by atoms with Crippen LogP contribution in [-0.4, -0.2) is 10.4 Å². The maximum atomic E-state index is 5.45. The van der Waals surface area contributed by atoms with Crippen LogP contribution in [0.2, 0.25) is 0 Å². The Morgan fingerprint density at radius 2 is 1.18 bits per heavy atom. The van der Waals surface area contributed by atoms with E-state index >= 15 is 0 Å². The Morgan fingerprint density at radius 3 is 1.96 bits per heavy atom. The summed E-state index contributed by atoms with van der Waals surface area (Å²) >= 11 is 1.90. The summed E-state index contributed by atoms with van der Waals surface area (Å²) in [6.45, 7) is 6.40. The summed E-state index contributed by atoms with van der Waals surface area (Å²) in [5.74, 6) is 1.02. The molecule has 0 bridgehead atoms. The lowest BCUT2D eigenvalue weighted by atomic mass is 9.93. The molecular weight excluding hydrogens is 565 g/mol. The van der Waals surface area contributed by atoms with Crippen molar-refractivity contribution in [2.24, 2.45) is 4.99 Å². The minimum Gasteiger partial charge on any atom is -0.296 e. The first-order chi connectivity index (χ1) is 22.2. The Balaban J connectivity index is 0.000000966. The second-order valence-corrected chi connectivity index (χ2v) is 13.0. The summed E-state index contributed by atoms with van der Waals surface area (Å²) in [6, 6.07) is 46.2. The van der Waals surface area contributed by atoms with Crippen LogP contribution < -0.4 is 0 Å². The van der Waals surface area contributed by atoms with E-state index in [0.717, 1.165) is 17.9 Å². The summed E-state index contributed by atoms with van der Waals surface area (Å²) in [4.78, 5) is 5.45. The minimum atomic E-state index is 0.718. The van der Waals surface area contributed by atoms with Crippen molar-refractivity contribution >= 4 is 86.4 Å². The Bertz CT molecular complexity index is 2510. The lowest BCUT2D eigenvalue weighted by Gasteiger charge is -2.16. The number of para-hydroxylation sites is 2. The van der Waals surface area contributed by atoms with Gasteiger partial charge in [0.25, 0.3) is 0 Å². The molecule has 0 atom stereocenters. The summed E-state index contributed by atoms with van der Waals surface area (Å²) in [5.41, 5.74) is 5.84. The van der Waals surface area contributed by atoms with Crippen LogP contribution >= 0.6 is 11.3 Å². The smallest absolute Gasteiger partial charge is 0.118 e. The topological polar surface area (TPSA) is 17.3 Å². The first-order valence-electron chi connectivity index (χ1n) is 15.9. The van der Waals surface area contributed by atoms with Crippen molar-refractivity contribution in [3.05, 3.63) is 139 Å². The van der Waals surface area contributed by atoms with Gasteiger partial charge in [-0.25, -0.2) is 4.99 Å². The number of hydrogen-bond donors (Lipinski definition) is 0. The number of benzene rings is 7. The van der Waals surface area contributed by atoms with Crippen LogP contribution in [0.5, 0.6) is 0 Å². The molecule has 218 valence electrons. The van der Waals surface area contributed by atoms with E-state index in [1.54, 1.807) is 0 Å². The Labute approximate surface area is 267 Å². The number of rotatable bonds is 3. The summed E-state index contributed by atoms with van der Waals surface area (Å²) < 4.78 is 5.16. The van der Waals surface area contributed by atoms with E-state index in [-0.39, 0.29) is 0 Å². The quantitative estimate of drug-likeness (QED) is 0.109. The van der Waals surface area contributed by atoms with Crippen molar-refractivity contribution in [2.75, 3.05) is 0 Å². The van der Waals surface area contributed by atoms with Crippen LogP contribution in [0.4, 0.5) is 5.69 Å². The third-order valence-electron chi connectivity index (χ3n) is 8.75. The molecule has 0 N–H and O–H groups in total. The summed E-state index contributed by atoms with van der Waals surface area (Å²) in [6.07, 6.45) is 1.97. The van der Waals surface area contributed by atoms with E-state index in [0.29, 0.717) is 0 Å². The molecule has 0 unspecified atom stereocenters. The fourth-order valence-electron chi connectivity index (χ4n) is 6.90. The van der Waals surface area contributed by atoms with E-state index < -0.39 is 0 Å². The van der Waals surface area contributed by atoms with Crippen LogP contribution in [0.25, 0.3) is 63.5 Å². The molecular formula is C42H34N2S. The Hall–Kier alpha value is -4.99. The fraction of sp³-hybridized carbons (Fsp3) is 0.119. The summed E-state index contributed by atoms with van der Waals surface area (Å²) in [5, 5.41) is 10.5. The van der Waals surface area contributed by atoms with Crippen molar-refractivity contribution < 1.29 is 0 Å². The predicted octanol–water partition coefficient (Wildman–Crippen LogP) is 12.5. The van der Waals surface area contributed by atoms with E-state index in [2.05, 4.69) is 153 Å². The van der Waals surface area contributed by atoms with Crippen LogP contribution in [0.1, 0.15) is 31.4 Å². The van der Waals surface area contributed by atoms with E-state index in [1.807, 2.05) is 11.3 Å². The number of aryl methyl sites for hydroxylation is 1. The second kappa shape index (κ2) is 11.2. The third kappa shape index (κ3) is 4.42. The maximum absolute atomic E-state index is 5.45. The molecule has 0 aliphatic rings. The zero-order valence-corrected chi connectivity index (χ0v) is 26.7. The lowest BCUT2D eigenvalue weighted by Crippen LogP contribution is -2.15. The molecule has 0 saturated carbocycles. The molecule has 9 aromatic rings. The molecule has 0 amide bonds. The number of nitrogens with zero attached hydrogens (tertiary/aromatic N) is 2. The zero-order valence-electron chi connectivity index (χ0n) is 25.8. The highest BCUT2D eigenvalue weighted by Gasteiger charge is 2.22. The number of aromatic nitrogens is 1. The minimum absolute atomic E-state index is 0.718. The van der Waals surface area contributed by atoms with Crippen molar-refractivity contribution in [1.82, 2.24) is 4.57 Å². The molecule has 2 aromatic heterocycles. The van der Waals surface area contributed by atoms with Gasteiger partial charge in [-0.15, -0.1) is 11.3 Å². The average Bonchev–Trinajstić information content (AvgIpc) is 3.62. The van der Waals surface area contributed by atoms with Gasteiger partial charge in [-0.1, -0.05) is 123 Å². The molecule has 0 aliphatic carbocycles. The van der Waals surface area contributed by atoms with Gasteiger partial charge in [0.15, 0.2) is 0 Å². The normalized spacial score (nSPS) is 12.2. The van der Waals surface area contributed by atoms with Gasteiger partial charge in [-0.05, 0) is 58.5 Å². The molecule has 9 rings (SSSR count). The highest BCUT2D eigenvalue weighted by Crippen LogP contribution is 2.47. The number of thiophene rings is 1. The van der Waals surface area contributed by atoms with Gasteiger partial charge in [0, 0.05) is 42.8 Å². The monoisotopic (exact) mass is 598 g/mol. The SMILES string of the molecule is CCC.Cc1ccccc1N=C(Cc1ccccc1)n1c2ccccc2c2ccc3c4cccc5sc6cccc(c6c54)c3c21. The van der Waals surface area contributed by atoms with Gasteiger partial charge in [0.1, 0.15) is 5.84 Å². The molecule has 0 fully saturated rings. The molecule has 45 heavy (non-hydrogen) atoms. The van der Waals surface area contributed by atoms with Crippen molar-refractivity contribution in [3.8, 4) is 0 Å². The zero-order chi connectivity index (χ0) is 30.5. The lowest BCUT2D eigenvalue weighted by molar-refractivity contribution is 1.09. The van der Waals surface area contributed by atoms with E-state index in [4.69, 9.17) is 4.99 Å². The molecule has 0 spiro atoms. The van der Waals surface area contributed by atoms with Gasteiger partial charge < -0.3 is 0 Å². The first-order valence-corrected chi connectivity index (χ1v) is 16.7. The highest BCUT2D eigenvalue weighted by molar-refractivity contribution is 7.26. The molecule has 0 radical (unpaired) electrons.